The highest BCUT2D eigenvalue weighted by molar-refractivity contribution is 7.80. The lowest BCUT2D eigenvalue weighted by Crippen LogP contribution is -2.31. The molecule has 0 unspecified atom stereocenters. The van der Waals surface area contributed by atoms with E-state index >= 15 is 0 Å². The van der Waals surface area contributed by atoms with E-state index < -0.39 is 0 Å². The van der Waals surface area contributed by atoms with E-state index in [-0.39, 0.29) is 0 Å². The molecule has 2 heterocycles. The zero-order chi connectivity index (χ0) is 16.1. The van der Waals surface area contributed by atoms with Gasteiger partial charge in [-0.25, -0.2) is 4.98 Å². The summed E-state index contributed by atoms with van der Waals surface area (Å²) < 4.78 is 4.97. The number of hydrogen-bond acceptors (Lipinski definition) is 4. The zero-order valence-corrected chi connectivity index (χ0v) is 13.9. The average molecular weight is 328 g/mol. The van der Waals surface area contributed by atoms with Gasteiger partial charge in [0.1, 0.15) is 5.82 Å². The molecule has 0 spiro atoms. The fourth-order valence-corrected chi connectivity index (χ4v) is 2.80. The molecule has 1 aliphatic rings. The van der Waals surface area contributed by atoms with Crippen LogP contribution in [0.5, 0.6) is 0 Å². The lowest BCUT2D eigenvalue weighted by molar-refractivity contribution is 0.204. The highest BCUT2D eigenvalue weighted by atomic mass is 32.1. The second-order valence-electron chi connectivity index (χ2n) is 5.40. The number of nitrogens with zero attached hydrogens (tertiary/aromatic N) is 2. The van der Waals surface area contributed by atoms with Crippen LogP contribution in [0.1, 0.15) is 11.1 Å². The Morgan fingerprint density at radius 3 is 2.57 bits per heavy atom. The van der Waals surface area contributed by atoms with Crippen molar-refractivity contribution in [2.45, 2.75) is 13.1 Å². The van der Waals surface area contributed by atoms with Crippen molar-refractivity contribution in [1.29, 1.82) is 0 Å². The molecule has 0 fully saturated rings. The van der Waals surface area contributed by atoms with Gasteiger partial charge in [0.2, 0.25) is 0 Å². The van der Waals surface area contributed by atoms with Gasteiger partial charge in [0.25, 0.3) is 0 Å². The topological polar surface area (TPSA) is 49.4 Å². The third-order valence-corrected chi connectivity index (χ3v) is 4.01. The summed E-state index contributed by atoms with van der Waals surface area (Å²) >= 11 is 5.22. The Balaban J connectivity index is 1.57. The summed E-state index contributed by atoms with van der Waals surface area (Å²) in [5.41, 5.74) is 3.63. The van der Waals surface area contributed by atoms with E-state index in [2.05, 4.69) is 44.8 Å². The van der Waals surface area contributed by atoms with Gasteiger partial charge in [-0.1, -0.05) is 24.3 Å². The van der Waals surface area contributed by atoms with E-state index in [9.17, 15) is 0 Å². The first-order valence-corrected chi connectivity index (χ1v) is 7.98. The minimum atomic E-state index is 0.574. The first-order valence-electron chi connectivity index (χ1n) is 7.58. The van der Waals surface area contributed by atoms with Gasteiger partial charge in [0.05, 0.1) is 18.5 Å². The third kappa shape index (κ3) is 3.97. The third-order valence-electron chi connectivity index (χ3n) is 3.76. The summed E-state index contributed by atoms with van der Waals surface area (Å²) in [5, 5.41) is 6.76. The molecule has 3 rings (SSSR count). The molecule has 5 nitrogen and oxygen atoms in total. The lowest BCUT2D eigenvalue weighted by Gasteiger charge is -2.17. The van der Waals surface area contributed by atoms with Gasteiger partial charge in [-0.2, -0.15) is 0 Å². The fraction of sp³-hybridized carbons (Fsp3) is 0.294. The molecular formula is C17H20N4OS. The van der Waals surface area contributed by atoms with Gasteiger partial charge >= 0.3 is 0 Å². The maximum Gasteiger partial charge on any atom is 0.170 e. The monoisotopic (exact) mass is 328 g/mol. The standard InChI is InChI=1S/C17H20N4OS/c1-22-9-8-18-17(23)20-15-6-7-16(19-10-15)21-11-13-4-2-3-5-14(13)12-21/h2-7,10H,8-9,11-12H2,1H3,(H2,18,20,23). The first-order chi connectivity index (χ1) is 11.3. The summed E-state index contributed by atoms with van der Waals surface area (Å²) in [6.45, 7) is 3.12. The smallest absolute Gasteiger partial charge is 0.170 e. The van der Waals surface area contributed by atoms with Crippen LogP contribution >= 0.6 is 12.2 Å². The number of benzene rings is 1. The Morgan fingerprint density at radius 2 is 1.96 bits per heavy atom. The van der Waals surface area contributed by atoms with Gasteiger partial charge in [-0.15, -0.1) is 0 Å². The lowest BCUT2D eigenvalue weighted by atomic mass is 10.1. The number of fused-ring (bicyclic) bond motifs is 1. The molecule has 0 radical (unpaired) electrons. The highest BCUT2D eigenvalue weighted by Crippen LogP contribution is 2.27. The first kappa shape index (κ1) is 15.7. The molecule has 0 saturated heterocycles. The highest BCUT2D eigenvalue weighted by Gasteiger charge is 2.19. The fourth-order valence-electron chi connectivity index (χ4n) is 2.58. The second kappa shape index (κ2) is 7.39. The minimum absolute atomic E-state index is 0.574. The van der Waals surface area contributed by atoms with Gasteiger partial charge in [-0.05, 0) is 35.5 Å². The van der Waals surface area contributed by atoms with Crippen LogP contribution in [0.3, 0.4) is 0 Å². The van der Waals surface area contributed by atoms with E-state index in [4.69, 9.17) is 17.0 Å². The number of aromatic nitrogens is 1. The molecule has 1 aliphatic heterocycles. The molecule has 0 aliphatic carbocycles. The Hall–Kier alpha value is -2.18. The maximum atomic E-state index is 5.22. The number of methoxy groups -OCH3 is 1. The summed E-state index contributed by atoms with van der Waals surface area (Å²) in [7, 11) is 1.66. The van der Waals surface area contributed by atoms with Crippen molar-refractivity contribution in [3.63, 3.8) is 0 Å². The molecule has 120 valence electrons. The van der Waals surface area contributed by atoms with Crippen LogP contribution in [-0.4, -0.2) is 30.4 Å². The van der Waals surface area contributed by atoms with E-state index in [1.165, 1.54) is 11.1 Å². The number of nitrogens with one attached hydrogen (secondary N) is 2. The maximum absolute atomic E-state index is 5.22. The number of rotatable bonds is 5. The Morgan fingerprint density at radius 1 is 1.22 bits per heavy atom. The Labute approximate surface area is 141 Å². The van der Waals surface area contributed by atoms with E-state index in [1.807, 2.05) is 18.3 Å². The van der Waals surface area contributed by atoms with Crippen LogP contribution < -0.4 is 15.5 Å². The molecule has 0 amide bonds. The number of hydrogen-bond donors (Lipinski definition) is 2. The molecule has 0 bridgehead atoms. The SMILES string of the molecule is COCCNC(=S)Nc1ccc(N2Cc3ccccc3C2)nc1. The molecule has 2 aromatic rings. The van der Waals surface area contributed by atoms with Crippen LogP contribution in [0.15, 0.2) is 42.6 Å². The van der Waals surface area contributed by atoms with Crippen molar-refractivity contribution < 1.29 is 4.74 Å². The number of ether oxygens (including phenoxy) is 1. The van der Waals surface area contributed by atoms with Crippen LogP contribution in [-0.2, 0) is 17.8 Å². The number of pyridine rings is 1. The normalized spacial score (nSPS) is 12.8. The van der Waals surface area contributed by atoms with Gasteiger partial charge < -0.3 is 20.3 Å². The molecule has 0 saturated carbocycles. The number of anilines is 2. The molecule has 23 heavy (non-hydrogen) atoms. The number of thiocarbonyl (C=S) groups is 1. The summed E-state index contributed by atoms with van der Waals surface area (Å²) in [4.78, 5) is 6.81. The molecular weight excluding hydrogens is 308 g/mol. The quantitative estimate of drug-likeness (QED) is 0.650. The predicted molar refractivity (Wildman–Crippen MR) is 96.7 cm³/mol. The van der Waals surface area contributed by atoms with Crippen molar-refractivity contribution in [1.82, 2.24) is 10.3 Å². The van der Waals surface area contributed by atoms with Crippen molar-refractivity contribution in [3.8, 4) is 0 Å². The predicted octanol–water partition coefficient (Wildman–Crippen LogP) is 2.53. The molecule has 6 heteroatoms. The summed E-state index contributed by atoms with van der Waals surface area (Å²) in [6, 6.07) is 12.5. The van der Waals surface area contributed by atoms with Crippen LogP contribution in [0, 0.1) is 0 Å². The summed E-state index contributed by atoms with van der Waals surface area (Å²) in [6.07, 6.45) is 1.81. The summed E-state index contributed by atoms with van der Waals surface area (Å²) in [5.74, 6) is 0.977. The van der Waals surface area contributed by atoms with Gasteiger partial charge in [0.15, 0.2) is 5.11 Å². The van der Waals surface area contributed by atoms with Crippen LogP contribution in [0.2, 0.25) is 0 Å². The van der Waals surface area contributed by atoms with E-state index in [0.717, 1.165) is 24.6 Å². The molecule has 0 atom stereocenters. The largest absolute Gasteiger partial charge is 0.383 e. The zero-order valence-electron chi connectivity index (χ0n) is 13.1. The molecule has 1 aromatic carbocycles. The van der Waals surface area contributed by atoms with Gasteiger partial charge in [0, 0.05) is 26.7 Å². The van der Waals surface area contributed by atoms with E-state index in [1.54, 1.807) is 7.11 Å². The molecule has 2 N–H and O–H groups in total. The van der Waals surface area contributed by atoms with Gasteiger partial charge in [-0.3, -0.25) is 0 Å². The van der Waals surface area contributed by atoms with Crippen LogP contribution in [0.25, 0.3) is 0 Å². The van der Waals surface area contributed by atoms with Crippen molar-refractivity contribution in [2.75, 3.05) is 30.5 Å². The second-order valence-corrected chi connectivity index (χ2v) is 5.81. The van der Waals surface area contributed by atoms with E-state index in [0.29, 0.717) is 18.3 Å². The van der Waals surface area contributed by atoms with Crippen molar-refractivity contribution in [2.24, 2.45) is 0 Å². The Kier molecular flexibility index (Phi) is 5.05. The van der Waals surface area contributed by atoms with Crippen LogP contribution in [0.4, 0.5) is 11.5 Å². The molecule has 1 aromatic heterocycles. The Bertz CT molecular complexity index is 650. The van der Waals surface area contributed by atoms with Crippen molar-refractivity contribution >= 4 is 28.8 Å². The average Bonchev–Trinajstić information content (AvgIpc) is 3.00. The minimum Gasteiger partial charge on any atom is -0.383 e. The van der Waals surface area contributed by atoms with Crippen molar-refractivity contribution in [3.05, 3.63) is 53.7 Å².